The Morgan fingerprint density at radius 3 is 2.50 bits per heavy atom. The van der Waals surface area contributed by atoms with Crippen LogP contribution in [0.25, 0.3) is 0 Å². The van der Waals surface area contributed by atoms with Gasteiger partial charge in [-0.2, -0.15) is 0 Å². The van der Waals surface area contributed by atoms with Gasteiger partial charge in [0, 0.05) is 18.7 Å². The van der Waals surface area contributed by atoms with Crippen LogP contribution in [0.2, 0.25) is 0 Å². The van der Waals surface area contributed by atoms with Gasteiger partial charge in [-0.25, -0.2) is 4.79 Å². The Morgan fingerprint density at radius 1 is 1.25 bits per heavy atom. The number of hydrogen-bond donors (Lipinski definition) is 1. The zero-order chi connectivity index (χ0) is 15.4. The normalized spacial score (nSPS) is 10.6. The van der Waals surface area contributed by atoms with E-state index < -0.39 is 0 Å². The van der Waals surface area contributed by atoms with Crippen LogP contribution in [0.3, 0.4) is 0 Å². The first kappa shape index (κ1) is 18.3. The molecule has 0 aliphatic carbocycles. The third kappa shape index (κ3) is 6.48. The molecule has 2 N–H and O–H groups in total. The molecule has 0 aromatic heterocycles. The highest BCUT2D eigenvalue weighted by atomic mass is 16.5. The van der Waals surface area contributed by atoms with E-state index in [1.54, 1.807) is 6.07 Å². The van der Waals surface area contributed by atoms with Gasteiger partial charge in [0.25, 0.3) is 0 Å². The van der Waals surface area contributed by atoms with Gasteiger partial charge in [0.05, 0.1) is 12.2 Å². The molecule has 0 bridgehead atoms. The van der Waals surface area contributed by atoms with Gasteiger partial charge in [-0.15, -0.1) is 0 Å². The lowest BCUT2D eigenvalue weighted by Crippen LogP contribution is -2.07. The standard InChI is InChI=1S/C15H21NO2.CH5N/c1-4-14(16-5-2)11-12-8-7-9-13(10-12)15(17)18-6-3;1-2/h7-10H,4-6,11H2,1-3H3;2H2,1H3. The monoisotopic (exact) mass is 278 g/mol. The summed E-state index contributed by atoms with van der Waals surface area (Å²) in [4.78, 5) is 16.1. The molecular formula is C16H26N2O2. The maximum absolute atomic E-state index is 11.6. The van der Waals surface area contributed by atoms with Crippen molar-refractivity contribution in [1.82, 2.24) is 0 Å². The maximum Gasteiger partial charge on any atom is 0.338 e. The van der Waals surface area contributed by atoms with Crippen molar-refractivity contribution in [3.63, 3.8) is 0 Å². The molecule has 0 radical (unpaired) electrons. The van der Waals surface area contributed by atoms with Crippen LogP contribution in [0.15, 0.2) is 29.3 Å². The molecule has 0 heterocycles. The van der Waals surface area contributed by atoms with E-state index in [9.17, 15) is 4.79 Å². The molecule has 0 unspecified atom stereocenters. The summed E-state index contributed by atoms with van der Waals surface area (Å²) in [5.74, 6) is -0.259. The van der Waals surface area contributed by atoms with E-state index in [1.807, 2.05) is 32.0 Å². The molecule has 0 fully saturated rings. The first-order valence-corrected chi connectivity index (χ1v) is 7.07. The number of rotatable bonds is 6. The quantitative estimate of drug-likeness (QED) is 0.643. The Balaban J connectivity index is 0.00000172. The highest BCUT2D eigenvalue weighted by molar-refractivity contribution is 5.90. The second-order valence-corrected chi connectivity index (χ2v) is 3.99. The van der Waals surface area contributed by atoms with Crippen LogP contribution in [-0.4, -0.2) is 31.9 Å². The number of esters is 1. The van der Waals surface area contributed by atoms with Gasteiger partial charge in [-0.1, -0.05) is 19.1 Å². The fourth-order valence-electron chi connectivity index (χ4n) is 1.77. The SMILES string of the molecule is CCN=C(CC)Cc1cccc(C(=O)OCC)c1.CN. The molecule has 20 heavy (non-hydrogen) atoms. The molecule has 0 amide bonds. The predicted octanol–water partition coefficient (Wildman–Crippen LogP) is 2.85. The topological polar surface area (TPSA) is 64.7 Å². The number of aliphatic imine (C=N–C) groups is 1. The summed E-state index contributed by atoms with van der Waals surface area (Å²) < 4.78 is 4.99. The highest BCUT2D eigenvalue weighted by Crippen LogP contribution is 2.09. The highest BCUT2D eigenvalue weighted by Gasteiger charge is 2.07. The van der Waals surface area contributed by atoms with E-state index >= 15 is 0 Å². The smallest absolute Gasteiger partial charge is 0.338 e. The summed E-state index contributed by atoms with van der Waals surface area (Å²) in [6.07, 6.45) is 1.75. The molecule has 0 aliphatic rings. The number of nitrogens with two attached hydrogens (primary N) is 1. The fourth-order valence-corrected chi connectivity index (χ4v) is 1.77. The van der Waals surface area contributed by atoms with E-state index in [-0.39, 0.29) is 5.97 Å². The number of carbonyl (C=O) groups excluding carboxylic acids is 1. The third-order valence-corrected chi connectivity index (χ3v) is 2.64. The summed E-state index contributed by atoms with van der Waals surface area (Å²) in [7, 11) is 1.50. The van der Waals surface area contributed by atoms with Crippen molar-refractivity contribution in [1.29, 1.82) is 0 Å². The average Bonchev–Trinajstić information content (AvgIpc) is 2.49. The predicted molar refractivity (Wildman–Crippen MR) is 84.5 cm³/mol. The summed E-state index contributed by atoms with van der Waals surface area (Å²) in [6, 6.07) is 7.58. The van der Waals surface area contributed by atoms with E-state index in [1.165, 1.54) is 12.8 Å². The van der Waals surface area contributed by atoms with Crippen LogP contribution in [0.5, 0.6) is 0 Å². The summed E-state index contributed by atoms with van der Waals surface area (Å²) in [5.41, 5.74) is 7.38. The van der Waals surface area contributed by atoms with E-state index in [2.05, 4.69) is 17.6 Å². The first-order chi connectivity index (χ1) is 9.71. The van der Waals surface area contributed by atoms with Crippen LogP contribution < -0.4 is 5.73 Å². The van der Waals surface area contributed by atoms with Crippen molar-refractivity contribution in [3.05, 3.63) is 35.4 Å². The zero-order valence-corrected chi connectivity index (χ0v) is 13.0. The fraction of sp³-hybridized carbons (Fsp3) is 0.500. The van der Waals surface area contributed by atoms with Crippen molar-refractivity contribution in [2.45, 2.75) is 33.6 Å². The minimum absolute atomic E-state index is 0.259. The first-order valence-electron chi connectivity index (χ1n) is 7.07. The largest absolute Gasteiger partial charge is 0.462 e. The van der Waals surface area contributed by atoms with E-state index in [0.717, 1.165) is 24.9 Å². The molecule has 1 aromatic rings. The number of hydrogen-bond acceptors (Lipinski definition) is 4. The van der Waals surface area contributed by atoms with Crippen LogP contribution >= 0.6 is 0 Å². The van der Waals surface area contributed by atoms with Crippen LogP contribution in [0.4, 0.5) is 0 Å². The van der Waals surface area contributed by atoms with Gasteiger partial charge in [0.15, 0.2) is 0 Å². The molecule has 0 saturated carbocycles. The van der Waals surface area contributed by atoms with Gasteiger partial charge in [0.2, 0.25) is 0 Å². The third-order valence-electron chi connectivity index (χ3n) is 2.64. The summed E-state index contributed by atoms with van der Waals surface area (Å²) >= 11 is 0. The molecule has 1 rings (SSSR count). The average molecular weight is 278 g/mol. The Morgan fingerprint density at radius 2 is 1.95 bits per heavy atom. The van der Waals surface area contributed by atoms with Gasteiger partial charge in [-0.05, 0) is 45.0 Å². The summed E-state index contributed by atoms with van der Waals surface area (Å²) in [5, 5.41) is 0. The van der Waals surface area contributed by atoms with E-state index in [4.69, 9.17) is 4.74 Å². The second-order valence-electron chi connectivity index (χ2n) is 3.99. The summed E-state index contributed by atoms with van der Waals surface area (Å²) in [6.45, 7) is 7.15. The number of ether oxygens (including phenoxy) is 1. The van der Waals surface area contributed by atoms with Crippen LogP contribution in [0, 0.1) is 0 Å². The van der Waals surface area contributed by atoms with Crippen molar-refractivity contribution in [2.24, 2.45) is 10.7 Å². The van der Waals surface area contributed by atoms with Crippen molar-refractivity contribution in [3.8, 4) is 0 Å². The molecule has 112 valence electrons. The Labute approximate surface area is 122 Å². The number of benzene rings is 1. The maximum atomic E-state index is 11.6. The Kier molecular flexibility index (Phi) is 10.2. The lowest BCUT2D eigenvalue weighted by molar-refractivity contribution is 0.0526. The molecule has 4 heteroatoms. The molecular weight excluding hydrogens is 252 g/mol. The zero-order valence-electron chi connectivity index (χ0n) is 13.0. The Hall–Kier alpha value is -1.68. The van der Waals surface area contributed by atoms with Crippen molar-refractivity contribution < 1.29 is 9.53 Å². The van der Waals surface area contributed by atoms with Gasteiger partial charge < -0.3 is 10.5 Å². The van der Waals surface area contributed by atoms with Gasteiger partial charge in [0.1, 0.15) is 0 Å². The lowest BCUT2D eigenvalue weighted by Gasteiger charge is -2.06. The molecule has 0 saturated heterocycles. The molecule has 0 atom stereocenters. The second kappa shape index (κ2) is 11.2. The Bertz CT molecular complexity index is 428. The minimum atomic E-state index is -0.259. The van der Waals surface area contributed by atoms with Crippen LogP contribution in [-0.2, 0) is 11.2 Å². The molecule has 0 aliphatic heterocycles. The van der Waals surface area contributed by atoms with Crippen LogP contribution in [0.1, 0.15) is 43.1 Å². The molecule has 0 spiro atoms. The molecule has 4 nitrogen and oxygen atoms in total. The number of nitrogens with zero attached hydrogens (tertiary/aromatic N) is 1. The van der Waals surface area contributed by atoms with E-state index in [0.29, 0.717) is 12.2 Å². The molecule has 1 aromatic carbocycles. The van der Waals surface area contributed by atoms with Crippen molar-refractivity contribution >= 4 is 11.7 Å². The van der Waals surface area contributed by atoms with Gasteiger partial charge >= 0.3 is 5.97 Å². The lowest BCUT2D eigenvalue weighted by atomic mass is 10.0. The number of carbonyl (C=O) groups is 1. The van der Waals surface area contributed by atoms with Crippen molar-refractivity contribution in [2.75, 3.05) is 20.2 Å². The van der Waals surface area contributed by atoms with Gasteiger partial charge in [-0.3, -0.25) is 4.99 Å². The minimum Gasteiger partial charge on any atom is -0.462 e.